The molecule has 4 nitrogen and oxygen atoms in total. The maximum absolute atomic E-state index is 10.6. The van der Waals surface area contributed by atoms with Crippen LogP contribution < -0.4 is 9.47 Å². The van der Waals surface area contributed by atoms with Crippen molar-refractivity contribution in [2.75, 3.05) is 14.2 Å². The molecule has 0 heterocycles. The minimum Gasteiger partial charge on any atom is -0.493 e. The number of carboxylic acids is 1. The van der Waals surface area contributed by atoms with Gasteiger partial charge < -0.3 is 14.6 Å². The van der Waals surface area contributed by atoms with Gasteiger partial charge in [-0.2, -0.15) is 0 Å². The van der Waals surface area contributed by atoms with Crippen LogP contribution in [0.25, 0.3) is 0 Å². The fraction of sp³-hybridized carbons (Fsp3) is 0.500. The summed E-state index contributed by atoms with van der Waals surface area (Å²) in [6, 6.07) is 1.86. The molecule has 5 heteroatoms. The molecule has 0 atom stereocenters. The number of methoxy groups -OCH3 is 2. The summed E-state index contributed by atoms with van der Waals surface area (Å²) in [6.45, 7) is 2.01. The van der Waals surface area contributed by atoms with Crippen LogP contribution in [0.5, 0.6) is 11.5 Å². The second kappa shape index (κ2) is 7.24. The SMILES string of the molecule is CCc1cc(OC)c(OC)c(CCCC(=O)O)c1Cl. The van der Waals surface area contributed by atoms with Gasteiger partial charge in [0.2, 0.25) is 0 Å². The monoisotopic (exact) mass is 286 g/mol. The molecule has 0 aliphatic rings. The molecular formula is C14H19ClO4. The van der Waals surface area contributed by atoms with Crippen LogP contribution in [0, 0.1) is 0 Å². The molecule has 0 unspecified atom stereocenters. The van der Waals surface area contributed by atoms with E-state index in [9.17, 15) is 4.79 Å². The van der Waals surface area contributed by atoms with Gasteiger partial charge in [-0.05, 0) is 30.9 Å². The smallest absolute Gasteiger partial charge is 0.303 e. The molecule has 0 aliphatic heterocycles. The highest BCUT2D eigenvalue weighted by Gasteiger charge is 2.17. The average Bonchev–Trinajstić information content (AvgIpc) is 2.39. The van der Waals surface area contributed by atoms with E-state index >= 15 is 0 Å². The van der Waals surface area contributed by atoms with Crippen LogP contribution >= 0.6 is 11.6 Å². The number of hydrogen-bond donors (Lipinski definition) is 1. The van der Waals surface area contributed by atoms with E-state index in [0.717, 1.165) is 17.5 Å². The average molecular weight is 287 g/mol. The normalized spacial score (nSPS) is 10.3. The van der Waals surface area contributed by atoms with E-state index in [1.807, 2.05) is 13.0 Å². The fourth-order valence-corrected chi connectivity index (χ4v) is 2.37. The Bertz CT molecular complexity index is 457. The van der Waals surface area contributed by atoms with Crippen molar-refractivity contribution in [3.8, 4) is 11.5 Å². The van der Waals surface area contributed by atoms with Crippen molar-refractivity contribution in [1.29, 1.82) is 0 Å². The van der Waals surface area contributed by atoms with Gasteiger partial charge in [0.1, 0.15) is 0 Å². The predicted octanol–water partition coefficient (Wildman–Crippen LogP) is 3.33. The van der Waals surface area contributed by atoms with Gasteiger partial charge >= 0.3 is 5.97 Å². The lowest BCUT2D eigenvalue weighted by molar-refractivity contribution is -0.137. The molecule has 106 valence electrons. The zero-order valence-corrected chi connectivity index (χ0v) is 12.2. The Morgan fingerprint density at radius 2 is 2.05 bits per heavy atom. The highest BCUT2D eigenvalue weighted by molar-refractivity contribution is 6.32. The number of benzene rings is 1. The van der Waals surface area contributed by atoms with Crippen molar-refractivity contribution in [3.63, 3.8) is 0 Å². The first-order chi connectivity index (χ1) is 9.04. The summed E-state index contributed by atoms with van der Waals surface area (Å²) in [7, 11) is 3.13. The third-order valence-corrected chi connectivity index (χ3v) is 3.44. The number of carboxylic acid groups (broad SMARTS) is 1. The second-order valence-corrected chi connectivity index (χ2v) is 4.54. The van der Waals surface area contributed by atoms with E-state index in [4.69, 9.17) is 26.2 Å². The zero-order chi connectivity index (χ0) is 14.4. The van der Waals surface area contributed by atoms with Crippen LogP contribution in [0.15, 0.2) is 6.07 Å². The van der Waals surface area contributed by atoms with Gasteiger partial charge in [0.05, 0.1) is 19.2 Å². The molecule has 0 radical (unpaired) electrons. The lowest BCUT2D eigenvalue weighted by Crippen LogP contribution is -2.02. The van der Waals surface area contributed by atoms with Crippen LogP contribution in [0.3, 0.4) is 0 Å². The molecule has 0 fully saturated rings. The fourth-order valence-electron chi connectivity index (χ4n) is 2.00. The zero-order valence-electron chi connectivity index (χ0n) is 11.5. The maximum Gasteiger partial charge on any atom is 0.303 e. The van der Waals surface area contributed by atoms with Gasteiger partial charge in [-0.3, -0.25) is 4.79 Å². The first-order valence-electron chi connectivity index (χ1n) is 6.19. The van der Waals surface area contributed by atoms with Crippen molar-refractivity contribution in [2.24, 2.45) is 0 Å². The van der Waals surface area contributed by atoms with Crippen molar-refractivity contribution in [1.82, 2.24) is 0 Å². The number of rotatable bonds is 7. The lowest BCUT2D eigenvalue weighted by Gasteiger charge is -2.17. The maximum atomic E-state index is 10.6. The van der Waals surface area contributed by atoms with E-state index < -0.39 is 5.97 Å². The van der Waals surface area contributed by atoms with Gasteiger partial charge in [-0.25, -0.2) is 0 Å². The number of halogens is 1. The van der Waals surface area contributed by atoms with Gasteiger partial charge in [-0.1, -0.05) is 18.5 Å². The van der Waals surface area contributed by atoms with Gasteiger partial charge in [0, 0.05) is 12.0 Å². The molecule has 0 amide bonds. The third kappa shape index (κ3) is 3.77. The number of aryl methyl sites for hydroxylation is 1. The van der Waals surface area contributed by atoms with Gasteiger partial charge in [0.25, 0.3) is 0 Å². The lowest BCUT2D eigenvalue weighted by atomic mass is 10.0. The summed E-state index contributed by atoms with van der Waals surface area (Å²) in [5.41, 5.74) is 1.80. The van der Waals surface area contributed by atoms with Crippen molar-refractivity contribution in [3.05, 3.63) is 22.2 Å². The number of aliphatic carboxylic acids is 1. The first kappa shape index (κ1) is 15.6. The van der Waals surface area contributed by atoms with Crippen LogP contribution in [0.2, 0.25) is 5.02 Å². The summed E-state index contributed by atoms with van der Waals surface area (Å²) < 4.78 is 10.7. The third-order valence-electron chi connectivity index (χ3n) is 2.97. The largest absolute Gasteiger partial charge is 0.493 e. The highest BCUT2D eigenvalue weighted by atomic mass is 35.5. The molecule has 0 bridgehead atoms. The predicted molar refractivity (Wildman–Crippen MR) is 74.5 cm³/mol. The molecule has 1 aromatic carbocycles. The first-order valence-corrected chi connectivity index (χ1v) is 6.56. The molecule has 0 saturated heterocycles. The Balaban J connectivity index is 3.13. The molecule has 1 N–H and O–H groups in total. The number of hydrogen-bond acceptors (Lipinski definition) is 3. The van der Waals surface area contributed by atoms with E-state index in [1.165, 1.54) is 0 Å². The van der Waals surface area contributed by atoms with Crippen LogP contribution in [0.1, 0.15) is 30.9 Å². The molecule has 19 heavy (non-hydrogen) atoms. The van der Waals surface area contributed by atoms with Crippen LogP contribution in [-0.2, 0) is 17.6 Å². The minimum absolute atomic E-state index is 0.109. The molecule has 0 saturated carbocycles. The van der Waals surface area contributed by atoms with Gasteiger partial charge in [0.15, 0.2) is 11.5 Å². The molecule has 0 spiro atoms. The van der Waals surface area contributed by atoms with E-state index in [0.29, 0.717) is 29.4 Å². The highest BCUT2D eigenvalue weighted by Crippen LogP contribution is 2.39. The summed E-state index contributed by atoms with van der Waals surface area (Å²) in [4.78, 5) is 10.6. The Labute approximate surface area is 118 Å². The molecule has 0 aromatic heterocycles. The molecular weight excluding hydrogens is 268 g/mol. The molecule has 1 rings (SSSR count). The van der Waals surface area contributed by atoms with E-state index in [2.05, 4.69) is 0 Å². The summed E-state index contributed by atoms with van der Waals surface area (Å²) in [5.74, 6) is 0.415. The molecule has 0 aliphatic carbocycles. The Morgan fingerprint density at radius 3 is 2.53 bits per heavy atom. The van der Waals surface area contributed by atoms with Crippen LogP contribution in [-0.4, -0.2) is 25.3 Å². The van der Waals surface area contributed by atoms with E-state index in [-0.39, 0.29) is 6.42 Å². The van der Waals surface area contributed by atoms with Crippen molar-refractivity contribution < 1.29 is 19.4 Å². The molecule has 1 aromatic rings. The van der Waals surface area contributed by atoms with Crippen LogP contribution in [0.4, 0.5) is 0 Å². The summed E-state index contributed by atoms with van der Waals surface area (Å²) in [6.07, 6.45) is 1.96. The quantitative estimate of drug-likeness (QED) is 0.835. The van der Waals surface area contributed by atoms with Crippen molar-refractivity contribution in [2.45, 2.75) is 32.6 Å². The summed E-state index contributed by atoms with van der Waals surface area (Å²) in [5, 5.41) is 9.34. The summed E-state index contributed by atoms with van der Waals surface area (Å²) >= 11 is 6.35. The number of carbonyl (C=O) groups is 1. The topological polar surface area (TPSA) is 55.8 Å². The van der Waals surface area contributed by atoms with E-state index in [1.54, 1.807) is 14.2 Å². The second-order valence-electron chi connectivity index (χ2n) is 4.16. The van der Waals surface area contributed by atoms with Gasteiger partial charge in [-0.15, -0.1) is 0 Å². The standard InChI is InChI=1S/C14H19ClO4/c1-4-9-8-11(18-2)14(19-3)10(13(9)15)6-5-7-12(16)17/h8H,4-7H2,1-3H3,(H,16,17). The van der Waals surface area contributed by atoms with Crippen molar-refractivity contribution >= 4 is 17.6 Å². The number of ether oxygens (including phenoxy) is 2. The Kier molecular flexibility index (Phi) is 5.96. The Hall–Kier alpha value is -1.42. The Morgan fingerprint density at radius 1 is 1.37 bits per heavy atom. The minimum atomic E-state index is -0.811.